The monoisotopic (exact) mass is 266 g/mol. The van der Waals surface area contributed by atoms with Crippen molar-refractivity contribution in [3.63, 3.8) is 0 Å². The lowest BCUT2D eigenvalue weighted by atomic mass is 9.89. The number of nitrogens with two attached hydrogens (primary N) is 1. The Labute approximate surface area is 113 Å². The Balaban J connectivity index is 1.56. The average molecular weight is 266 g/mol. The molecule has 3 rings (SSSR count). The molecule has 1 saturated carbocycles. The molecule has 4 nitrogen and oxygen atoms in total. The maximum Gasteiger partial charge on any atom is 0.185 e. The lowest BCUT2D eigenvalue weighted by Gasteiger charge is -2.43. The third-order valence-electron chi connectivity index (χ3n) is 4.25. The predicted molar refractivity (Wildman–Crippen MR) is 76.1 cm³/mol. The Bertz CT molecular complexity index is 359. The second-order valence-corrected chi connectivity index (χ2v) is 6.23. The van der Waals surface area contributed by atoms with E-state index in [4.69, 9.17) is 5.73 Å². The van der Waals surface area contributed by atoms with Crippen LogP contribution in [-0.4, -0.2) is 48.1 Å². The van der Waals surface area contributed by atoms with Crippen LogP contribution in [0.15, 0.2) is 11.6 Å². The normalized spacial score (nSPS) is 30.6. The van der Waals surface area contributed by atoms with Gasteiger partial charge in [-0.3, -0.25) is 4.90 Å². The van der Waals surface area contributed by atoms with Gasteiger partial charge in [-0.15, -0.1) is 11.3 Å². The highest BCUT2D eigenvalue weighted by Crippen LogP contribution is 2.25. The van der Waals surface area contributed by atoms with E-state index in [1.54, 1.807) is 11.3 Å². The van der Waals surface area contributed by atoms with Crippen LogP contribution in [0.4, 0.5) is 5.13 Å². The first kappa shape index (κ1) is 12.4. The first-order valence-electron chi connectivity index (χ1n) is 6.98. The Kier molecular flexibility index (Phi) is 3.82. The van der Waals surface area contributed by atoms with Gasteiger partial charge in [0, 0.05) is 49.8 Å². The Morgan fingerprint density at radius 2 is 1.94 bits per heavy atom. The quantitative estimate of drug-likeness (QED) is 0.882. The summed E-state index contributed by atoms with van der Waals surface area (Å²) in [6, 6.07) is 1.02. The highest BCUT2D eigenvalue weighted by Gasteiger charge is 2.30. The van der Waals surface area contributed by atoms with Gasteiger partial charge in [0.1, 0.15) is 0 Å². The number of anilines is 1. The average Bonchev–Trinajstić information content (AvgIpc) is 2.94. The molecule has 18 heavy (non-hydrogen) atoms. The van der Waals surface area contributed by atoms with E-state index < -0.39 is 0 Å². The van der Waals surface area contributed by atoms with E-state index in [9.17, 15) is 0 Å². The summed E-state index contributed by atoms with van der Waals surface area (Å²) in [7, 11) is 0. The summed E-state index contributed by atoms with van der Waals surface area (Å²) in [6.45, 7) is 4.46. The summed E-state index contributed by atoms with van der Waals surface area (Å²) in [5, 5.41) is 3.22. The maximum atomic E-state index is 6.27. The van der Waals surface area contributed by atoms with E-state index in [2.05, 4.69) is 20.2 Å². The van der Waals surface area contributed by atoms with Crippen LogP contribution in [0, 0.1) is 0 Å². The molecule has 0 bridgehead atoms. The van der Waals surface area contributed by atoms with E-state index in [-0.39, 0.29) is 0 Å². The van der Waals surface area contributed by atoms with Crippen molar-refractivity contribution in [3.8, 4) is 0 Å². The van der Waals surface area contributed by atoms with Crippen molar-refractivity contribution < 1.29 is 0 Å². The smallest absolute Gasteiger partial charge is 0.185 e. The molecule has 0 radical (unpaired) electrons. The van der Waals surface area contributed by atoms with E-state index in [1.807, 2.05) is 6.20 Å². The van der Waals surface area contributed by atoms with Gasteiger partial charge in [-0.1, -0.05) is 12.8 Å². The number of thiazole rings is 1. The third-order valence-corrected chi connectivity index (χ3v) is 5.09. The van der Waals surface area contributed by atoms with Crippen LogP contribution in [0.1, 0.15) is 25.7 Å². The van der Waals surface area contributed by atoms with Crippen molar-refractivity contribution in [2.45, 2.75) is 37.8 Å². The molecule has 100 valence electrons. The summed E-state index contributed by atoms with van der Waals surface area (Å²) in [5.74, 6) is 0. The van der Waals surface area contributed by atoms with E-state index in [0.717, 1.165) is 26.2 Å². The van der Waals surface area contributed by atoms with Crippen molar-refractivity contribution in [1.82, 2.24) is 9.88 Å². The van der Waals surface area contributed by atoms with Gasteiger partial charge in [-0.05, 0) is 12.8 Å². The number of nitrogens with zero attached hydrogens (tertiary/aromatic N) is 3. The van der Waals surface area contributed by atoms with Crippen molar-refractivity contribution in [2.75, 3.05) is 31.1 Å². The molecule has 2 unspecified atom stereocenters. The number of hydrogen-bond donors (Lipinski definition) is 1. The minimum atomic E-state index is 0.394. The van der Waals surface area contributed by atoms with Gasteiger partial charge in [0.25, 0.3) is 0 Å². The van der Waals surface area contributed by atoms with Crippen LogP contribution in [0.3, 0.4) is 0 Å². The second-order valence-electron chi connectivity index (χ2n) is 5.35. The van der Waals surface area contributed by atoms with Gasteiger partial charge in [0.15, 0.2) is 5.13 Å². The fourth-order valence-corrected chi connectivity index (χ4v) is 3.91. The van der Waals surface area contributed by atoms with Gasteiger partial charge < -0.3 is 10.6 Å². The number of hydrogen-bond acceptors (Lipinski definition) is 5. The van der Waals surface area contributed by atoms with Crippen LogP contribution >= 0.6 is 11.3 Å². The molecule has 5 heteroatoms. The van der Waals surface area contributed by atoms with Gasteiger partial charge in [-0.25, -0.2) is 4.98 Å². The summed E-state index contributed by atoms with van der Waals surface area (Å²) in [6.07, 6.45) is 7.06. The largest absolute Gasteiger partial charge is 0.346 e. The minimum Gasteiger partial charge on any atom is -0.346 e. The molecule has 2 atom stereocenters. The lowest BCUT2D eigenvalue weighted by Crippen LogP contribution is -2.56. The van der Waals surface area contributed by atoms with Crippen molar-refractivity contribution in [1.29, 1.82) is 0 Å². The van der Waals surface area contributed by atoms with Crippen LogP contribution in [0.5, 0.6) is 0 Å². The van der Waals surface area contributed by atoms with Crippen LogP contribution in [-0.2, 0) is 0 Å². The molecular formula is C13H22N4S. The molecule has 2 N–H and O–H groups in total. The zero-order chi connectivity index (χ0) is 12.4. The van der Waals surface area contributed by atoms with Crippen LogP contribution in [0.25, 0.3) is 0 Å². The summed E-state index contributed by atoms with van der Waals surface area (Å²) in [4.78, 5) is 9.40. The Morgan fingerprint density at radius 1 is 1.17 bits per heavy atom. The first-order chi connectivity index (χ1) is 8.84. The number of rotatable bonds is 2. The third kappa shape index (κ3) is 2.53. The lowest BCUT2D eigenvalue weighted by molar-refractivity contribution is 0.130. The van der Waals surface area contributed by atoms with E-state index in [0.29, 0.717) is 12.1 Å². The molecule has 2 fully saturated rings. The fourth-order valence-electron chi connectivity index (χ4n) is 3.21. The topological polar surface area (TPSA) is 45.4 Å². The molecule has 1 aliphatic carbocycles. The molecule has 0 aromatic carbocycles. The first-order valence-corrected chi connectivity index (χ1v) is 7.86. The molecule has 1 aromatic rings. The molecule has 2 heterocycles. The second kappa shape index (κ2) is 5.55. The summed E-state index contributed by atoms with van der Waals surface area (Å²) in [5.41, 5.74) is 6.27. The molecule has 0 spiro atoms. The molecular weight excluding hydrogens is 244 g/mol. The zero-order valence-corrected chi connectivity index (χ0v) is 11.6. The number of piperazine rings is 1. The fraction of sp³-hybridized carbons (Fsp3) is 0.769. The minimum absolute atomic E-state index is 0.394. The molecule has 1 aromatic heterocycles. The zero-order valence-electron chi connectivity index (χ0n) is 10.8. The van der Waals surface area contributed by atoms with Gasteiger partial charge in [0.05, 0.1) is 0 Å². The van der Waals surface area contributed by atoms with Crippen molar-refractivity contribution in [3.05, 3.63) is 11.6 Å². The summed E-state index contributed by atoms with van der Waals surface area (Å²) < 4.78 is 0. The standard InChI is InChI=1S/C13H22N4S/c14-11-3-1-2-4-12(11)16-6-8-17(9-7-16)13-15-5-10-18-13/h5,10-12H,1-4,6-9,14H2. The van der Waals surface area contributed by atoms with Gasteiger partial charge >= 0.3 is 0 Å². The molecule has 1 aliphatic heterocycles. The highest BCUT2D eigenvalue weighted by atomic mass is 32.1. The van der Waals surface area contributed by atoms with Crippen LogP contribution < -0.4 is 10.6 Å². The SMILES string of the molecule is NC1CCCCC1N1CCN(c2nccs2)CC1. The number of aromatic nitrogens is 1. The van der Waals surface area contributed by atoms with E-state index >= 15 is 0 Å². The highest BCUT2D eigenvalue weighted by molar-refractivity contribution is 7.13. The Morgan fingerprint density at radius 3 is 2.61 bits per heavy atom. The van der Waals surface area contributed by atoms with Crippen molar-refractivity contribution in [2.24, 2.45) is 5.73 Å². The molecule has 0 amide bonds. The molecule has 2 aliphatic rings. The Hall–Kier alpha value is -0.650. The van der Waals surface area contributed by atoms with Crippen molar-refractivity contribution >= 4 is 16.5 Å². The maximum absolute atomic E-state index is 6.27. The summed E-state index contributed by atoms with van der Waals surface area (Å²) >= 11 is 1.74. The van der Waals surface area contributed by atoms with Gasteiger partial charge in [0.2, 0.25) is 0 Å². The van der Waals surface area contributed by atoms with Crippen LogP contribution in [0.2, 0.25) is 0 Å². The van der Waals surface area contributed by atoms with Gasteiger partial charge in [-0.2, -0.15) is 0 Å². The molecule has 1 saturated heterocycles. The predicted octanol–water partition coefficient (Wildman–Crippen LogP) is 1.53. The van der Waals surface area contributed by atoms with E-state index in [1.165, 1.54) is 30.8 Å².